The van der Waals surface area contributed by atoms with E-state index in [1.54, 1.807) is 13.1 Å². The van der Waals surface area contributed by atoms with E-state index in [-0.39, 0.29) is 24.3 Å². The molecule has 0 heterocycles. The van der Waals surface area contributed by atoms with Crippen LogP contribution in [0, 0.1) is 16.0 Å². The minimum atomic E-state index is -0.392. The number of rotatable bonds is 5. The molecule has 2 unspecified atom stereocenters. The average Bonchev–Trinajstić information content (AvgIpc) is 2.47. The van der Waals surface area contributed by atoms with Gasteiger partial charge in [0.05, 0.1) is 4.92 Å². The molecule has 6 heteroatoms. The van der Waals surface area contributed by atoms with E-state index in [4.69, 9.17) is 0 Å². The first kappa shape index (κ1) is 14.6. The Bertz CT molecular complexity index is 479. The lowest BCUT2D eigenvalue weighted by molar-refractivity contribution is -0.384. The minimum absolute atomic E-state index is 0.0655. The number of benzene rings is 1. The summed E-state index contributed by atoms with van der Waals surface area (Å²) in [6.45, 7) is 0.158. The molecular weight excluding hydrogens is 258 g/mol. The molecule has 0 amide bonds. The Kier molecular flexibility index (Phi) is 4.79. The van der Waals surface area contributed by atoms with Gasteiger partial charge in [-0.2, -0.15) is 0 Å². The second-order valence-corrected chi connectivity index (χ2v) is 5.25. The van der Waals surface area contributed by atoms with Crippen molar-refractivity contribution >= 4 is 17.1 Å². The van der Waals surface area contributed by atoms with Gasteiger partial charge in [-0.3, -0.25) is 10.1 Å². The number of non-ortho nitro benzene ring substituents is 1. The Hall–Kier alpha value is -1.82. The van der Waals surface area contributed by atoms with Gasteiger partial charge in [-0.25, -0.2) is 0 Å². The zero-order chi connectivity index (χ0) is 14.5. The van der Waals surface area contributed by atoms with E-state index < -0.39 is 4.92 Å². The summed E-state index contributed by atoms with van der Waals surface area (Å²) < 4.78 is 0. The molecule has 20 heavy (non-hydrogen) atoms. The van der Waals surface area contributed by atoms with E-state index >= 15 is 0 Å². The topological polar surface area (TPSA) is 87.4 Å². The van der Waals surface area contributed by atoms with Crippen LogP contribution in [-0.2, 0) is 0 Å². The molecule has 1 aliphatic rings. The van der Waals surface area contributed by atoms with E-state index in [1.807, 2.05) is 6.07 Å². The van der Waals surface area contributed by atoms with Gasteiger partial charge < -0.3 is 15.7 Å². The summed E-state index contributed by atoms with van der Waals surface area (Å²) in [5.74, 6) is 0.223. The first-order valence-corrected chi connectivity index (χ1v) is 6.98. The number of aliphatic hydroxyl groups is 1. The van der Waals surface area contributed by atoms with Crippen molar-refractivity contribution in [3.8, 4) is 0 Å². The molecule has 0 spiro atoms. The van der Waals surface area contributed by atoms with Crippen LogP contribution in [0.15, 0.2) is 18.2 Å². The van der Waals surface area contributed by atoms with Gasteiger partial charge >= 0.3 is 0 Å². The predicted molar refractivity (Wildman–Crippen MR) is 79.1 cm³/mol. The van der Waals surface area contributed by atoms with Crippen molar-refractivity contribution in [2.45, 2.75) is 31.7 Å². The molecule has 6 nitrogen and oxygen atoms in total. The molecule has 0 saturated heterocycles. The molecule has 0 bridgehead atoms. The lowest BCUT2D eigenvalue weighted by Crippen LogP contribution is -2.34. The monoisotopic (exact) mass is 279 g/mol. The highest BCUT2D eigenvalue weighted by atomic mass is 16.6. The van der Waals surface area contributed by atoms with Gasteiger partial charge in [-0.15, -0.1) is 0 Å². The van der Waals surface area contributed by atoms with Crippen molar-refractivity contribution in [3.05, 3.63) is 28.3 Å². The Morgan fingerprint density at radius 3 is 2.65 bits per heavy atom. The molecule has 0 aliphatic heterocycles. The number of nitro benzene ring substituents is 1. The number of nitrogens with zero attached hydrogens (tertiary/aromatic N) is 1. The SMILES string of the molecule is CNc1cc(NC2CCCCC2CO)cc([N+](=O)[O-])c1. The Labute approximate surface area is 118 Å². The Morgan fingerprint density at radius 1 is 1.30 bits per heavy atom. The second-order valence-electron chi connectivity index (χ2n) is 5.25. The van der Waals surface area contributed by atoms with Crippen LogP contribution in [0.5, 0.6) is 0 Å². The first-order valence-electron chi connectivity index (χ1n) is 6.98. The van der Waals surface area contributed by atoms with E-state index in [0.717, 1.165) is 31.4 Å². The van der Waals surface area contributed by atoms with Crippen molar-refractivity contribution in [1.82, 2.24) is 0 Å². The molecule has 110 valence electrons. The van der Waals surface area contributed by atoms with Crippen LogP contribution in [0.4, 0.5) is 17.1 Å². The molecular formula is C14H21N3O3. The fraction of sp³-hybridized carbons (Fsp3) is 0.571. The highest BCUT2D eigenvalue weighted by Crippen LogP contribution is 2.30. The Balaban J connectivity index is 2.18. The zero-order valence-corrected chi connectivity index (χ0v) is 11.6. The van der Waals surface area contributed by atoms with Crippen LogP contribution in [0.2, 0.25) is 0 Å². The summed E-state index contributed by atoms with van der Waals surface area (Å²) in [4.78, 5) is 10.6. The predicted octanol–water partition coefficient (Wildman–Crippen LogP) is 2.60. The third-order valence-corrected chi connectivity index (χ3v) is 3.91. The second kappa shape index (κ2) is 6.56. The summed E-state index contributed by atoms with van der Waals surface area (Å²) in [6.07, 6.45) is 4.26. The van der Waals surface area contributed by atoms with Crippen LogP contribution in [0.3, 0.4) is 0 Å². The molecule has 2 rings (SSSR count). The van der Waals surface area contributed by atoms with Gasteiger partial charge in [0.2, 0.25) is 0 Å². The van der Waals surface area contributed by atoms with E-state index in [9.17, 15) is 15.2 Å². The largest absolute Gasteiger partial charge is 0.396 e. The number of nitro groups is 1. The van der Waals surface area contributed by atoms with Gasteiger partial charge in [0.15, 0.2) is 0 Å². The molecule has 2 atom stereocenters. The summed E-state index contributed by atoms with van der Waals surface area (Å²) in [5.41, 5.74) is 1.50. The fourth-order valence-electron chi connectivity index (χ4n) is 2.77. The number of aliphatic hydroxyl groups excluding tert-OH is 1. The van der Waals surface area contributed by atoms with Crippen molar-refractivity contribution in [1.29, 1.82) is 0 Å². The smallest absolute Gasteiger partial charge is 0.273 e. The van der Waals surface area contributed by atoms with E-state index in [1.165, 1.54) is 6.07 Å². The fourth-order valence-corrected chi connectivity index (χ4v) is 2.77. The molecule has 1 aliphatic carbocycles. The lowest BCUT2D eigenvalue weighted by atomic mass is 9.85. The number of hydrogen-bond acceptors (Lipinski definition) is 5. The van der Waals surface area contributed by atoms with Crippen molar-refractivity contribution in [2.24, 2.45) is 5.92 Å². The van der Waals surface area contributed by atoms with Crippen LogP contribution < -0.4 is 10.6 Å². The maximum Gasteiger partial charge on any atom is 0.273 e. The number of anilines is 2. The highest BCUT2D eigenvalue weighted by Gasteiger charge is 2.24. The molecule has 0 aromatic heterocycles. The Morgan fingerprint density at radius 2 is 2.00 bits per heavy atom. The van der Waals surface area contributed by atoms with Gasteiger partial charge in [0.1, 0.15) is 0 Å². The molecule has 0 radical (unpaired) electrons. The normalized spacial score (nSPS) is 22.3. The lowest BCUT2D eigenvalue weighted by Gasteiger charge is -2.31. The van der Waals surface area contributed by atoms with Crippen molar-refractivity contribution in [2.75, 3.05) is 24.3 Å². The van der Waals surface area contributed by atoms with Gasteiger partial charge in [0.25, 0.3) is 5.69 Å². The molecule has 1 saturated carbocycles. The zero-order valence-electron chi connectivity index (χ0n) is 11.6. The van der Waals surface area contributed by atoms with Crippen LogP contribution in [0.25, 0.3) is 0 Å². The molecule has 1 aromatic carbocycles. The van der Waals surface area contributed by atoms with E-state index in [0.29, 0.717) is 5.69 Å². The number of nitrogens with one attached hydrogen (secondary N) is 2. The molecule has 1 fully saturated rings. The van der Waals surface area contributed by atoms with Crippen LogP contribution in [-0.4, -0.2) is 29.7 Å². The van der Waals surface area contributed by atoms with Crippen LogP contribution in [0.1, 0.15) is 25.7 Å². The summed E-state index contributed by atoms with van der Waals surface area (Å²) >= 11 is 0. The van der Waals surface area contributed by atoms with Crippen molar-refractivity contribution < 1.29 is 10.0 Å². The van der Waals surface area contributed by atoms with E-state index in [2.05, 4.69) is 10.6 Å². The quantitative estimate of drug-likeness (QED) is 0.569. The van der Waals surface area contributed by atoms with Crippen molar-refractivity contribution in [3.63, 3.8) is 0 Å². The van der Waals surface area contributed by atoms with Gasteiger partial charge in [0, 0.05) is 49.1 Å². The third kappa shape index (κ3) is 3.39. The average molecular weight is 279 g/mol. The maximum absolute atomic E-state index is 10.9. The summed E-state index contributed by atoms with van der Waals surface area (Å²) in [7, 11) is 1.74. The first-order chi connectivity index (χ1) is 9.63. The highest BCUT2D eigenvalue weighted by molar-refractivity contribution is 5.63. The summed E-state index contributed by atoms with van der Waals surface area (Å²) in [5, 5.41) is 26.6. The standard InChI is InChI=1S/C14H21N3O3/c1-15-11-6-12(8-13(7-11)17(19)20)16-14-5-3-2-4-10(14)9-18/h6-8,10,14-16,18H,2-5,9H2,1H3. The third-order valence-electron chi connectivity index (χ3n) is 3.91. The summed E-state index contributed by atoms with van der Waals surface area (Å²) in [6, 6.07) is 5.09. The maximum atomic E-state index is 10.9. The molecule has 3 N–H and O–H groups in total. The van der Waals surface area contributed by atoms with Gasteiger partial charge in [-0.05, 0) is 18.9 Å². The van der Waals surface area contributed by atoms with Gasteiger partial charge in [-0.1, -0.05) is 12.8 Å². The van der Waals surface area contributed by atoms with Crippen LogP contribution >= 0.6 is 0 Å². The minimum Gasteiger partial charge on any atom is -0.396 e. The molecule has 1 aromatic rings. The number of hydrogen-bond donors (Lipinski definition) is 3.